The van der Waals surface area contributed by atoms with Crippen molar-refractivity contribution in [2.75, 3.05) is 0 Å². The Kier molecular flexibility index (Phi) is 6.41. The fourth-order valence-corrected chi connectivity index (χ4v) is 2.64. The maximum Gasteiger partial charge on any atom is 0.0782 e. The maximum absolute atomic E-state index is 3.25. The highest BCUT2D eigenvalue weighted by Crippen LogP contribution is 2.26. The zero-order valence-corrected chi connectivity index (χ0v) is 13.7. The first-order valence-corrected chi connectivity index (χ1v) is 8.20. The molecule has 0 saturated carbocycles. The second-order valence-electron chi connectivity index (χ2n) is 4.28. The average molecular weight is 305 g/mol. The van der Waals surface area contributed by atoms with E-state index in [1.165, 1.54) is 4.90 Å². The van der Waals surface area contributed by atoms with Crippen LogP contribution in [0.25, 0.3) is 0 Å². The van der Waals surface area contributed by atoms with Gasteiger partial charge in [-0.3, -0.25) is 0 Å². The summed E-state index contributed by atoms with van der Waals surface area (Å²) in [4.78, 5) is 4.47. The van der Waals surface area contributed by atoms with Crippen LogP contribution in [0.2, 0.25) is 0 Å². The van der Waals surface area contributed by atoms with E-state index in [0.29, 0.717) is 0 Å². The highest BCUT2D eigenvalue weighted by Gasteiger charge is 1.99. The van der Waals surface area contributed by atoms with Crippen molar-refractivity contribution >= 4 is 11.8 Å². The number of benzene rings is 2. The standard InChI is InChI=1S/C18H13NS.C2H6/c1-3-7-15(8-4-1)11-12-16-13-18(19-14-16)20-17-9-5-2-6-10-17;1-2/h1-10,13-14,19H;1-2H3. The van der Waals surface area contributed by atoms with Crippen molar-refractivity contribution in [3.05, 3.63) is 84.1 Å². The van der Waals surface area contributed by atoms with Gasteiger partial charge in [-0.25, -0.2) is 0 Å². The van der Waals surface area contributed by atoms with E-state index < -0.39 is 0 Å². The lowest BCUT2D eigenvalue weighted by molar-refractivity contribution is 1.20. The highest BCUT2D eigenvalue weighted by atomic mass is 32.2. The first-order valence-electron chi connectivity index (χ1n) is 7.38. The minimum Gasteiger partial charge on any atom is -0.355 e. The molecule has 1 N–H and O–H groups in total. The van der Waals surface area contributed by atoms with Gasteiger partial charge in [-0.2, -0.15) is 0 Å². The third-order valence-corrected chi connectivity index (χ3v) is 3.72. The average Bonchev–Trinajstić information content (AvgIpc) is 3.04. The molecule has 0 spiro atoms. The van der Waals surface area contributed by atoms with Crippen molar-refractivity contribution in [3.63, 3.8) is 0 Å². The van der Waals surface area contributed by atoms with Crippen LogP contribution < -0.4 is 0 Å². The predicted octanol–water partition coefficient (Wildman–Crippen LogP) is 5.59. The molecule has 3 aromatic rings. The summed E-state index contributed by atoms with van der Waals surface area (Å²) in [6.45, 7) is 4.00. The molecular formula is C20H19NS. The van der Waals surface area contributed by atoms with Crippen LogP contribution in [-0.4, -0.2) is 4.98 Å². The molecule has 3 rings (SSSR count). The van der Waals surface area contributed by atoms with Gasteiger partial charge in [0.15, 0.2) is 0 Å². The van der Waals surface area contributed by atoms with Crippen molar-refractivity contribution < 1.29 is 0 Å². The Hall–Kier alpha value is -2.37. The number of nitrogens with one attached hydrogen (secondary N) is 1. The predicted molar refractivity (Wildman–Crippen MR) is 95.1 cm³/mol. The van der Waals surface area contributed by atoms with Gasteiger partial charge < -0.3 is 4.98 Å². The lowest BCUT2D eigenvalue weighted by atomic mass is 10.2. The zero-order chi connectivity index (χ0) is 15.6. The highest BCUT2D eigenvalue weighted by molar-refractivity contribution is 7.99. The number of rotatable bonds is 2. The topological polar surface area (TPSA) is 15.8 Å². The lowest BCUT2D eigenvalue weighted by Crippen LogP contribution is -1.71. The Bertz CT molecular complexity index is 733. The summed E-state index contributed by atoms with van der Waals surface area (Å²) in [6, 6.07) is 22.4. The van der Waals surface area contributed by atoms with Crippen LogP contribution >= 0.6 is 11.8 Å². The SMILES string of the molecule is C(#Cc1c[nH]c(Sc2ccccc2)c1)c1ccccc1.CC. The smallest absolute Gasteiger partial charge is 0.0782 e. The lowest BCUT2D eigenvalue weighted by Gasteiger charge is -1.96. The van der Waals surface area contributed by atoms with Crippen LogP contribution in [-0.2, 0) is 0 Å². The van der Waals surface area contributed by atoms with Crippen LogP contribution in [0.5, 0.6) is 0 Å². The number of aromatic amines is 1. The molecule has 0 amide bonds. The largest absolute Gasteiger partial charge is 0.355 e. The van der Waals surface area contributed by atoms with E-state index in [9.17, 15) is 0 Å². The van der Waals surface area contributed by atoms with Crippen molar-refractivity contribution in [2.24, 2.45) is 0 Å². The van der Waals surface area contributed by atoms with Gasteiger partial charge >= 0.3 is 0 Å². The van der Waals surface area contributed by atoms with E-state index in [-0.39, 0.29) is 0 Å². The van der Waals surface area contributed by atoms with Crippen molar-refractivity contribution in [1.29, 1.82) is 0 Å². The van der Waals surface area contributed by atoms with Gasteiger partial charge in [0, 0.05) is 22.2 Å². The number of hydrogen-bond acceptors (Lipinski definition) is 1. The van der Waals surface area contributed by atoms with Crippen LogP contribution in [0.4, 0.5) is 0 Å². The molecule has 1 heterocycles. The van der Waals surface area contributed by atoms with Crippen LogP contribution in [0.3, 0.4) is 0 Å². The Labute approximate surface area is 136 Å². The van der Waals surface area contributed by atoms with Crippen molar-refractivity contribution in [3.8, 4) is 11.8 Å². The Morgan fingerprint density at radius 3 is 2.05 bits per heavy atom. The molecule has 0 fully saturated rings. The first kappa shape index (κ1) is 16.0. The molecular weight excluding hydrogens is 286 g/mol. The zero-order valence-electron chi connectivity index (χ0n) is 12.8. The second-order valence-corrected chi connectivity index (χ2v) is 5.40. The maximum atomic E-state index is 3.25. The Balaban J connectivity index is 0.000000847. The van der Waals surface area contributed by atoms with E-state index in [1.807, 2.05) is 68.6 Å². The van der Waals surface area contributed by atoms with E-state index in [1.54, 1.807) is 11.8 Å². The molecule has 1 nitrogen and oxygen atoms in total. The second kappa shape index (κ2) is 8.81. The molecule has 0 aliphatic heterocycles. The molecule has 0 aliphatic carbocycles. The van der Waals surface area contributed by atoms with E-state index in [2.05, 4.69) is 35.0 Å². The van der Waals surface area contributed by atoms with E-state index in [4.69, 9.17) is 0 Å². The summed E-state index contributed by atoms with van der Waals surface area (Å²) in [7, 11) is 0. The molecule has 0 atom stereocenters. The van der Waals surface area contributed by atoms with Gasteiger partial charge in [-0.05, 0) is 30.3 Å². The Morgan fingerprint density at radius 2 is 1.36 bits per heavy atom. The minimum absolute atomic E-state index is 1.01. The molecule has 22 heavy (non-hydrogen) atoms. The minimum atomic E-state index is 1.01. The molecule has 2 aromatic carbocycles. The number of H-pyrrole nitrogens is 1. The summed E-state index contributed by atoms with van der Waals surface area (Å²) in [6.07, 6.45) is 1.95. The summed E-state index contributed by atoms with van der Waals surface area (Å²) in [5.41, 5.74) is 2.04. The molecule has 0 unspecified atom stereocenters. The van der Waals surface area contributed by atoms with Gasteiger partial charge in [0.1, 0.15) is 0 Å². The first-order chi connectivity index (χ1) is 10.9. The fraction of sp³-hybridized carbons (Fsp3) is 0.100. The number of aromatic nitrogens is 1. The van der Waals surface area contributed by atoms with Gasteiger partial charge in [0.2, 0.25) is 0 Å². The van der Waals surface area contributed by atoms with Crippen LogP contribution in [0.1, 0.15) is 25.0 Å². The quantitative estimate of drug-likeness (QED) is 0.610. The third kappa shape index (κ3) is 4.87. The van der Waals surface area contributed by atoms with Gasteiger partial charge in [0.25, 0.3) is 0 Å². The normalized spacial score (nSPS) is 9.18. The molecule has 0 aliphatic rings. The molecule has 110 valence electrons. The molecule has 2 heteroatoms. The third-order valence-electron chi connectivity index (χ3n) is 2.75. The summed E-state index contributed by atoms with van der Waals surface area (Å²) in [5, 5.41) is 1.11. The summed E-state index contributed by atoms with van der Waals surface area (Å²) in [5.74, 6) is 6.33. The monoisotopic (exact) mass is 305 g/mol. The van der Waals surface area contributed by atoms with Crippen molar-refractivity contribution in [2.45, 2.75) is 23.8 Å². The van der Waals surface area contributed by atoms with Crippen molar-refractivity contribution in [1.82, 2.24) is 4.98 Å². The molecule has 0 radical (unpaired) electrons. The number of hydrogen-bond donors (Lipinski definition) is 1. The van der Waals surface area contributed by atoms with Crippen LogP contribution in [0.15, 0.2) is 82.8 Å². The fourth-order valence-electron chi connectivity index (χ4n) is 1.79. The van der Waals surface area contributed by atoms with Crippen LogP contribution in [0, 0.1) is 11.8 Å². The van der Waals surface area contributed by atoms with Gasteiger partial charge in [0.05, 0.1) is 5.03 Å². The van der Waals surface area contributed by atoms with E-state index >= 15 is 0 Å². The summed E-state index contributed by atoms with van der Waals surface area (Å²) >= 11 is 1.71. The van der Waals surface area contributed by atoms with E-state index in [0.717, 1.165) is 16.2 Å². The summed E-state index contributed by atoms with van der Waals surface area (Å²) < 4.78 is 0. The Morgan fingerprint density at radius 1 is 0.773 bits per heavy atom. The molecule has 0 saturated heterocycles. The van der Waals surface area contributed by atoms with Gasteiger partial charge in [-0.1, -0.05) is 73.8 Å². The molecule has 0 bridgehead atoms. The molecule has 1 aromatic heterocycles. The van der Waals surface area contributed by atoms with Gasteiger partial charge in [-0.15, -0.1) is 0 Å².